The lowest BCUT2D eigenvalue weighted by atomic mass is 9.99. The van der Waals surface area contributed by atoms with Crippen LogP contribution < -0.4 is 5.56 Å². The number of benzene rings is 2. The van der Waals surface area contributed by atoms with Crippen molar-refractivity contribution in [3.8, 4) is 16.9 Å². The van der Waals surface area contributed by atoms with Crippen molar-refractivity contribution in [2.75, 3.05) is 0 Å². The molecule has 0 aliphatic heterocycles. The van der Waals surface area contributed by atoms with Crippen LogP contribution >= 0.6 is 0 Å². The number of phenolic OH excluding ortho intramolecular Hbond substituents is 1. The van der Waals surface area contributed by atoms with Gasteiger partial charge in [0.15, 0.2) is 0 Å². The summed E-state index contributed by atoms with van der Waals surface area (Å²) in [4.78, 5) is 23.1. The number of aromatic carboxylic acids is 1. The molecular weight excluding hydrogens is 282 g/mol. The van der Waals surface area contributed by atoms with Crippen molar-refractivity contribution in [3.05, 3.63) is 64.6 Å². The number of nitrogens with zero attached hydrogens (tertiary/aromatic N) is 1. The van der Waals surface area contributed by atoms with E-state index >= 15 is 0 Å². The standard InChI is InChI=1S/C17H13NO4/c1-18-9-15(10-2-4-11(5-3-10)17(21)22)14-8-12(19)6-7-13(14)16(18)20/h2-9,19H,1H3,(H,21,22). The number of phenols is 1. The van der Waals surface area contributed by atoms with Crippen LogP contribution in [0.5, 0.6) is 5.75 Å². The Hall–Kier alpha value is -3.08. The Kier molecular flexibility index (Phi) is 3.18. The fourth-order valence-electron chi connectivity index (χ4n) is 2.48. The summed E-state index contributed by atoms with van der Waals surface area (Å²) in [5.74, 6) is -0.918. The zero-order valence-corrected chi connectivity index (χ0v) is 11.8. The first-order chi connectivity index (χ1) is 10.5. The highest BCUT2D eigenvalue weighted by atomic mass is 16.4. The Morgan fingerprint density at radius 3 is 2.36 bits per heavy atom. The van der Waals surface area contributed by atoms with Crippen LogP contribution in [0.1, 0.15) is 10.4 Å². The highest BCUT2D eigenvalue weighted by Crippen LogP contribution is 2.29. The summed E-state index contributed by atoms with van der Waals surface area (Å²) >= 11 is 0. The first-order valence-corrected chi connectivity index (χ1v) is 6.63. The molecule has 0 atom stereocenters. The average Bonchev–Trinajstić information content (AvgIpc) is 2.51. The number of carboxylic acid groups (broad SMARTS) is 1. The van der Waals surface area contributed by atoms with Gasteiger partial charge in [0.1, 0.15) is 5.75 Å². The zero-order valence-electron chi connectivity index (χ0n) is 11.8. The molecule has 0 unspecified atom stereocenters. The molecule has 3 rings (SSSR count). The number of carbonyl (C=O) groups is 1. The third-order valence-electron chi connectivity index (χ3n) is 3.61. The molecule has 3 aromatic rings. The van der Waals surface area contributed by atoms with Crippen LogP contribution in [0.25, 0.3) is 21.9 Å². The molecule has 5 nitrogen and oxygen atoms in total. The second-order valence-electron chi connectivity index (χ2n) is 5.07. The first kappa shape index (κ1) is 13.9. The van der Waals surface area contributed by atoms with Crippen molar-refractivity contribution in [1.29, 1.82) is 0 Å². The molecule has 1 aromatic heterocycles. The minimum Gasteiger partial charge on any atom is -0.508 e. The molecular formula is C17H13NO4. The number of aromatic hydroxyl groups is 1. The van der Waals surface area contributed by atoms with Crippen LogP contribution in [-0.4, -0.2) is 20.7 Å². The van der Waals surface area contributed by atoms with Gasteiger partial charge >= 0.3 is 5.97 Å². The second kappa shape index (κ2) is 5.04. The van der Waals surface area contributed by atoms with Gasteiger partial charge in [-0.2, -0.15) is 0 Å². The van der Waals surface area contributed by atoms with E-state index < -0.39 is 5.97 Å². The van der Waals surface area contributed by atoms with Crippen molar-refractivity contribution in [2.24, 2.45) is 7.05 Å². The minimum absolute atomic E-state index is 0.0733. The van der Waals surface area contributed by atoms with E-state index in [-0.39, 0.29) is 16.9 Å². The molecule has 0 aliphatic rings. The van der Waals surface area contributed by atoms with Gasteiger partial charge in [0, 0.05) is 29.6 Å². The third kappa shape index (κ3) is 2.22. The van der Waals surface area contributed by atoms with Crippen LogP contribution in [0.15, 0.2) is 53.5 Å². The highest BCUT2D eigenvalue weighted by molar-refractivity contribution is 5.97. The number of fused-ring (bicyclic) bond motifs is 1. The lowest BCUT2D eigenvalue weighted by Crippen LogP contribution is -2.16. The van der Waals surface area contributed by atoms with E-state index in [1.54, 1.807) is 31.4 Å². The van der Waals surface area contributed by atoms with Crippen molar-refractivity contribution in [2.45, 2.75) is 0 Å². The smallest absolute Gasteiger partial charge is 0.335 e. The fourth-order valence-corrected chi connectivity index (χ4v) is 2.48. The van der Waals surface area contributed by atoms with E-state index in [2.05, 4.69) is 0 Å². The maximum absolute atomic E-state index is 12.2. The summed E-state index contributed by atoms with van der Waals surface area (Å²) in [6.07, 6.45) is 1.68. The van der Waals surface area contributed by atoms with Gasteiger partial charge in [-0.1, -0.05) is 12.1 Å². The molecule has 0 radical (unpaired) electrons. The Labute approximate surface area is 125 Å². The maximum Gasteiger partial charge on any atom is 0.335 e. The Morgan fingerprint density at radius 2 is 1.73 bits per heavy atom. The molecule has 0 spiro atoms. The number of hydrogen-bond donors (Lipinski definition) is 2. The number of aryl methyl sites for hydroxylation is 1. The molecule has 22 heavy (non-hydrogen) atoms. The molecule has 2 N–H and O–H groups in total. The van der Waals surface area contributed by atoms with Gasteiger partial charge in [0.2, 0.25) is 0 Å². The maximum atomic E-state index is 12.2. The van der Waals surface area contributed by atoms with Crippen molar-refractivity contribution < 1.29 is 15.0 Å². The minimum atomic E-state index is -0.991. The number of pyridine rings is 1. The normalized spacial score (nSPS) is 10.8. The van der Waals surface area contributed by atoms with Gasteiger partial charge in [-0.25, -0.2) is 4.79 Å². The van der Waals surface area contributed by atoms with E-state index in [9.17, 15) is 14.7 Å². The third-order valence-corrected chi connectivity index (χ3v) is 3.61. The van der Waals surface area contributed by atoms with Crippen molar-refractivity contribution in [3.63, 3.8) is 0 Å². The molecule has 110 valence electrons. The van der Waals surface area contributed by atoms with Gasteiger partial charge in [-0.3, -0.25) is 4.79 Å². The summed E-state index contributed by atoms with van der Waals surface area (Å²) in [7, 11) is 1.66. The summed E-state index contributed by atoms with van der Waals surface area (Å²) in [5, 5.41) is 19.8. The van der Waals surface area contributed by atoms with E-state index in [1.807, 2.05) is 0 Å². The molecule has 0 bridgehead atoms. The largest absolute Gasteiger partial charge is 0.508 e. The molecule has 0 saturated carbocycles. The Morgan fingerprint density at radius 1 is 1.05 bits per heavy atom. The lowest BCUT2D eigenvalue weighted by molar-refractivity contribution is 0.0697. The van der Waals surface area contributed by atoms with Crippen LogP contribution in [0.4, 0.5) is 0 Å². The van der Waals surface area contributed by atoms with Gasteiger partial charge in [-0.05, 0) is 35.9 Å². The van der Waals surface area contributed by atoms with Gasteiger partial charge in [-0.15, -0.1) is 0 Å². The van der Waals surface area contributed by atoms with Crippen LogP contribution in [0.2, 0.25) is 0 Å². The molecule has 0 saturated heterocycles. The van der Waals surface area contributed by atoms with Crippen molar-refractivity contribution in [1.82, 2.24) is 4.57 Å². The SMILES string of the molecule is Cn1cc(-c2ccc(C(=O)O)cc2)c2cc(O)ccc2c1=O. The van der Waals surface area contributed by atoms with E-state index in [1.165, 1.54) is 28.8 Å². The predicted octanol–water partition coefficient (Wildman–Crippen LogP) is 2.61. The van der Waals surface area contributed by atoms with Crippen molar-refractivity contribution >= 4 is 16.7 Å². The van der Waals surface area contributed by atoms with E-state index in [4.69, 9.17) is 5.11 Å². The Balaban J connectivity index is 2.30. The number of carboxylic acids is 1. The number of hydrogen-bond acceptors (Lipinski definition) is 3. The molecule has 5 heteroatoms. The van der Waals surface area contributed by atoms with Crippen LogP contribution in [-0.2, 0) is 7.05 Å². The van der Waals surface area contributed by atoms with Crippen LogP contribution in [0.3, 0.4) is 0 Å². The monoisotopic (exact) mass is 295 g/mol. The molecule has 0 aliphatic carbocycles. The number of aromatic nitrogens is 1. The summed E-state index contributed by atoms with van der Waals surface area (Å²) < 4.78 is 1.47. The molecule has 0 amide bonds. The molecule has 2 aromatic carbocycles. The summed E-state index contributed by atoms with van der Waals surface area (Å²) in [6, 6.07) is 11.0. The number of rotatable bonds is 2. The van der Waals surface area contributed by atoms with Gasteiger partial charge < -0.3 is 14.8 Å². The van der Waals surface area contributed by atoms with Gasteiger partial charge in [0.05, 0.1) is 5.56 Å². The zero-order chi connectivity index (χ0) is 15.9. The lowest BCUT2D eigenvalue weighted by Gasteiger charge is -2.10. The summed E-state index contributed by atoms with van der Waals surface area (Å²) in [5.41, 5.74) is 1.57. The van der Waals surface area contributed by atoms with Gasteiger partial charge in [0.25, 0.3) is 5.56 Å². The van der Waals surface area contributed by atoms with E-state index in [0.717, 1.165) is 11.1 Å². The predicted molar refractivity (Wildman–Crippen MR) is 83.2 cm³/mol. The first-order valence-electron chi connectivity index (χ1n) is 6.63. The topological polar surface area (TPSA) is 79.5 Å². The molecule has 0 fully saturated rings. The Bertz CT molecular complexity index is 939. The van der Waals surface area contributed by atoms with Crippen LogP contribution in [0, 0.1) is 0 Å². The molecule has 1 heterocycles. The summed E-state index contributed by atoms with van der Waals surface area (Å²) in [6.45, 7) is 0. The quantitative estimate of drug-likeness (QED) is 0.761. The van der Waals surface area contributed by atoms with E-state index in [0.29, 0.717) is 10.8 Å². The average molecular weight is 295 g/mol. The second-order valence-corrected chi connectivity index (χ2v) is 5.07. The highest BCUT2D eigenvalue weighted by Gasteiger charge is 2.11. The fraction of sp³-hybridized carbons (Fsp3) is 0.0588.